The summed E-state index contributed by atoms with van der Waals surface area (Å²) in [6.45, 7) is 22.1. The molecule has 0 saturated heterocycles. The van der Waals surface area contributed by atoms with Crippen molar-refractivity contribution in [1.82, 2.24) is 9.97 Å². The van der Waals surface area contributed by atoms with Crippen LogP contribution in [-0.4, -0.2) is 79.8 Å². The van der Waals surface area contributed by atoms with Gasteiger partial charge in [0.05, 0.1) is 6.85 Å². The molecule has 52 heavy (non-hydrogen) atoms. The van der Waals surface area contributed by atoms with Crippen molar-refractivity contribution < 1.29 is 43.2 Å². The first-order valence-electron chi connectivity index (χ1n) is 20.0. The van der Waals surface area contributed by atoms with Gasteiger partial charge in [-0.05, 0) is 5.46 Å². The Morgan fingerprint density at radius 3 is 1.83 bits per heavy atom. The maximum atomic E-state index is 11.8. The number of esters is 1. The van der Waals surface area contributed by atoms with Gasteiger partial charge < -0.3 is 10.0 Å². The Bertz CT molecular complexity index is 2780. The first kappa shape index (κ1) is 27.3. The fourth-order valence-electron chi connectivity index (χ4n) is 4.23. The van der Waals surface area contributed by atoms with E-state index in [1.807, 2.05) is 32.0 Å². The van der Waals surface area contributed by atoms with Gasteiger partial charge >= 0.3 is 277 Å². The average Bonchev–Trinajstić information content (AvgIpc) is 3.84. The third-order valence-corrected chi connectivity index (χ3v) is 11.7. The molecule has 0 unspecified atom stereocenters. The Morgan fingerprint density at radius 1 is 0.788 bits per heavy atom. The number of aryl methyl sites for hydroxylation is 3. The Hall–Kier alpha value is -5.36. The summed E-state index contributed by atoms with van der Waals surface area (Å²) < 4.78 is 83.1. The summed E-state index contributed by atoms with van der Waals surface area (Å²) in [5.74, 6) is -1.29. The van der Waals surface area contributed by atoms with Crippen molar-refractivity contribution in [2.75, 3.05) is 6.61 Å². The van der Waals surface area contributed by atoms with Crippen molar-refractivity contribution in [3.05, 3.63) is 145 Å². The minimum absolute atomic E-state index is 0.0389. The van der Waals surface area contributed by atoms with Crippen LogP contribution in [0.4, 0.5) is 11.4 Å². The van der Waals surface area contributed by atoms with E-state index in [-0.39, 0.29) is 53.8 Å². The van der Waals surface area contributed by atoms with Gasteiger partial charge in [-0.25, -0.2) is 0 Å². The van der Waals surface area contributed by atoms with Crippen LogP contribution in [0.25, 0.3) is 41.1 Å². The number of aromatic carboxylic acids is 1. The fraction of sp³-hybridized carbons (Fsp3) is 0.128. The van der Waals surface area contributed by atoms with Gasteiger partial charge in [0.25, 0.3) is 0 Å². The van der Waals surface area contributed by atoms with Crippen molar-refractivity contribution in [3.63, 3.8) is 0 Å². The quantitative estimate of drug-likeness (QED) is 0.0937. The van der Waals surface area contributed by atoms with E-state index in [0.717, 1.165) is 21.4 Å². The van der Waals surface area contributed by atoms with Crippen molar-refractivity contribution in [2.45, 2.75) is 27.7 Å². The Labute approximate surface area is 328 Å². The topological polar surface area (TPSA) is 139 Å². The van der Waals surface area contributed by atoms with Gasteiger partial charge in [0.2, 0.25) is 0 Å². The molecule has 3 N–H and O–H groups in total. The molecule has 13 heteroatoms. The standard InChI is InChI=1S/C18H12N2O2Se.C15H14N2O2Se.C6H7BO2/c1-11-16(18(21)22)23-17(20-11)13-8-9-14(15(10-13)19-2)12-6-4-3-5-7-12;1-5-19-15(18)13-10(3)17-14(20-13)11-7-6-9(2)12(8-11)16-4;8-7(9)6-4-2-1-3-5-6/h3-10H,1H3,(H,21,22);6-8H,5H2,1-3H3;1-5,8-9H/i3D,4D,5D,6D,7D;;1D,2D,3D,4D,5D. The molecule has 0 aliphatic carbocycles. The second kappa shape index (κ2) is 18.8. The average molecular weight is 833 g/mol. The summed E-state index contributed by atoms with van der Waals surface area (Å²) in [6.07, 6.45) is 0. The number of aromatic nitrogens is 2. The number of ether oxygens (including phenoxy) is 1. The summed E-state index contributed by atoms with van der Waals surface area (Å²) in [5, 5.41) is 26.8. The summed E-state index contributed by atoms with van der Waals surface area (Å²) in [6, 6.07) is 5.29. The normalized spacial score (nSPS) is 12.7. The van der Waals surface area contributed by atoms with Crippen LogP contribution >= 0.6 is 0 Å². The second-order valence-corrected chi connectivity index (χ2v) is 14.5. The first-order valence-corrected chi connectivity index (χ1v) is 18.4. The molecule has 260 valence electrons. The number of carboxylic acids is 1. The van der Waals surface area contributed by atoms with Crippen molar-refractivity contribution in [2.24, 2.45) is 0 Å². The summed E-state index contributed by atoms with van der Waals surface area (Å²) in [5.41, 5.74) is 4.02. The zero-order chi connectivity index (χ0) is 46.5. The van der Waals surface area contributed by atoms with Gasteiger partial charge in [-0.1, -0.05) is 30.2 Å². The molecular weight excluding hydrogens is 789 g/mol. The van der Waals surface area contributed by atoms with Crippen LogP contribution in [-0.2, 0) is 4.74 Å². The molecule has 0 atom stereocenters. The van der Waals surface area contributed by atoms with Crippen LogP contribution in [0.3, 0.4) is 0 Å². The molecule has 0 amide bonds. The summed E-state index contributed by atoms with van der Waals surface area (Å²) in [7, 11) is -2.07. The van der Waals surface area contributed by atoms with Crippen molar-refractivity contribution >= 4 is 64.9 Å². The third kappa shape index (κ3) is 10.1. The number of carbonyl (C=O) groups is 2. The molecule has 0 spiro atoms. The monoisotopic (exact) mass is 834 g/mol. The van der Waals surface area contributed by atoms with Gasteiger partial charge in [-0.2, -0.15) is 0 Å². The molecule has 10 nitrogen and oxygen atoms in total. The zero-order valence-corrected chi connectivity index (χ0v) is 31.3. The molecule has 0 aliphatic heterocycles. The predicted molar refractivity (Wildman–Crippen MR) is 205 cm³/mol. The van der Waals surface area contributed by atoms with Crippen LogP contribution in [0.1, 0.15) is 56.0 Å². The molecule has 2 aromatic heterocycles. The van der Waals surface area contributed by atoms with E-state index in [1.54, 1.807) is 19.9 Å². The van der Waals surface area contributed by atoms with Crippen LogP contribution in [0.15, 0.2) is 96.8 Å². The molecule has 2 heterocycles. The van der Waals surface area contributed by atoms with Crippen LogP contribution < -0.4 is 5.46 Å². The van der Waals surface area contributed by atoms with Crippen molar-refractivity contribution in [1.29, 1.82) is 0 Å². The number of hydrogen-bond donors (Lipinski definition) is 3. The molecule has 4 aromatic carbocycles. The van der Waals surface area contributed by atoms with E-state index in [0.29, 0.717) is 32.6 Å². The number of carbonyl (C=O) groups excluding carboxylic acids is 1. The first-order chi connectivity index (χ1) is 29.1. The molecule has 0 radical (unpaired) electrons. The molecule has 0 bridgehead atoms. The van der Waals surface area contributed by atoms with E-state index in [1.165, 1.54) is 12.1 Å². The third-order valence-electron chi connectivity index (χ3n) is 6.74. The van der Waals surface area contributed by atoms with E-state index in [2.05, 4.69) is 19.7 Å². The minimum atomic E-state index is -2.07. The van der Waals surface area contributed by atoms with E-state index in [9.17, 15) is 14.7 Å². The van der Waals surface area contributed by atoms with Crippen LogP contribution in [0.2, 0.25) is 0 Å². The number of hydrogen-bond acceptors (Lipinski definition) is 7. The van der Waals surface area contributed by atoms with Crippen LogP contribution in [0, 0.1) is 33.9 Å². The van der Waals surface area contributed by atoms with Crippen LogP contribution in [0.5, 0.6) is 0 Å². The van der Waals surface area contributed by atoms with Gasteiger partial charge in [-0.15, -0.1) is 0 Å². The Morgan fingerprint density at radius 2 is 1.31 bits per heavy atom. The SMILES string of the molecule is [2H]c1c([2H])c([2H])c(-c2ccc(-c3nc(C)c(C(=O)O)[se]3)cc2[N+]#[C-])c([2H])c1[2H].[2H]c1c([2H])c([2H])c(B(O)O)c([2H])c1[2H].[C-]#[N+]c1cc(-c2nc(C)c(C(=O)OCC)[se]2)ccc1C. The predicted octanol–water partition coefficient (Wildman–Crippen LogP) is 6.55. The Kier molecular flexibility index (Phi) is 9.85. The summed E-state index contributed by atoms with van der Waals surface area (Å²) >= 11 is -0.668. The molecular formula is C39H33BN4O6Se2. The maximum absolute atomic E-state index is 11.8. The van der Waals surface area contributed by atoms with E-state index < -0.39 is 81.4 Å². The number of carboxylic acid groups (broad SMARTS) is 1. The number of benzene rings is 4. The second-order valence-electron chi connectivity index (χ2n) is 10.3. The van der Waals surface area contributed by atoms with Gasteiger partial charge in [0, 0.05) is 0 Å². The van der Waals surface area contributed by atoms with E-state index in [4.69, 9.17) is 41.6 Å². The Balaban J connectivity index is 0.000000218. The molecule has 0 fully saturated rings. The van der Waals surface area contributed by atoms with Gasteiger partial charge in [-0.3, -0.25) is 0 Å². The zero-order valence-electron chi connectivity index (χ0n) is 37.9. The molecule has 0 aliphatic rings. The molecule has 6 aromatic rings. The van der Waals surface area contributed by atoms with Gasteiger partial charge in [0.1, 0.15) is 0 Å². The van der Waals surface area contributed by atoms with Gasteiger partial charge in [0.15, 0.2) is 0 Å². The van der Waals surface area contributed by atoms with Crippen molar-refractivity contribution in [3.8, 4) is 31.4 Å². The molecule has 0 saturated carbocycles. The summed E-state index contributed by atoms with van der Waals surface area (Å²) in [4.78, 5) is 38.8. The number of nitrogens with zero attached hydrogens (tertiary/aromatic N) is 4. The number of rotatable bonds is 7. The molecule has 6 rings (SSSR count). The van der Waals surface area contributed by atoms with E-state index >= 15 is 0 Å². The fourth-order valence-corrected chi connectivity index (χ4v) is 8.13.